The lowest BCUT2D eigenvalue weighted by atomic mass is 9.70. The van der Waals surface area contributed by atoms with Crippen molar-refractivity contribution in [3.8, 4) is 0 Å². The fourth-order valence-electron chi connectivity index (χ4n) is 2.68. The summed E-state index contributed by atoms with van der Waals surface area (Å²) in [4.78, 5) is 2.42. The molecule has 0 amide bonds. The smallest absolute Gasteiger partial charge is 0.00190 e. The molecule has 1 fully saturated rings. The molecule has 1 atom stereocenters. The maximum atomic E-state index is 5.91. The molecule has 1 rings (SSSR count). The van der Waals surface area contributed by atoms with Crippen molar-refractivity contribution >= 4 is 0 Å². The van der Waals surface area contributed by atoms with Crippen LogP contribution >= 0.6 is 0 Å². The molecule has 0 aromatic carbocycles. The van der Waals surface area contributed by atoms with Crippen LogP contribution in [-0.2, 0) is 0 Å². The molecule has 0 bridgehead atoms. The third kappa shape index (κ3) is 2.96. The van der Waals surface area contributed by atoms with Crippen molar-refractivity contribution in [2.45, 2.75) is 33.6 Å². The highest BCUT2D eigenvalue weighted by molar-refractivity contribution is 4.84. The van der Waals surface area contributed by atoms with E-state index >= 15 is 0 Å². The number of nitrogens with zero attached hydrogens (tertiary/aromatic N) is 1. The Balaban J connectivity index is 2.54. The standard InChI is InChI=1S/C12H26N2/c1-12(2,3)11(9-13)10-5-7-14(4)8-6-10/h10-11H,5-9,13H2,1-4H3. The molecule has 2 N–H and O–H groups in total. The van der Waals surface area contributed by atoms with E-state index in [1.807, 2.05) is 0 Å². The SMILES string of the molecule is CN1CCC(C(CN)C(C)(C)C)CC1. The first-order chi connectivity index (χ1) is 6.45. The molecule has 2 heteroatoms. The van der Waals surface area contributed by atoms with E-state index in [4.69, 9.17) is 5.73 Å². The van der Waals surface area contributed by atoms with Crippen molar-refractivity contribution in [1.29, 1.82) is 0 Å². The second-order valence-electron chi connectivity index (χ2n) is 5.85. The van der Waals surface area contributed by atoms with Crippen LogP contribution in [0.2, 0.25) is 0 Å². The third-order valence-corrected chi connectivity index (χ3v) is 3.70. The van der Waals surface area contributed by atoms with E-state index in [1.54, 1.807) is 0 Å². The average Bonchev–Trinajstić information content (AvgIpc) is 2.07. The van der Waals surface area contributed by atoms with Gasteiger partial charge in [-0.2, -0.15) is 0 Å². The van der Waals surface area contributed by atoms with Gasteiger partial charge in [0.2, 0.25) is 0 Å². The first kappa shape index (κ1) is 12.0. The Morgan fingerprint density at radius 1 is 1.29 bits per heavy atom. The zero-order chi connectivity index (χ0) is 10.8. The molecule has 1 heterocycles. The Morgan fingerprint density at radius 2 is 1.79 bits per heavy atom. The van der Waals surface area contributed by atoms with Crippen LogP contribution in [0.25, 0.3) is 0 Å². The van der Waals surface area contributed by atoms with Gasteiger partial charge in [0.1, 0.15) is 0 Å². The normalized spacial score (nSPS) is 23.8. The van der Waals surface area contributed by atoms with E-state index in [2.05, 4.69) is 32.7 Å². The van der Waals surface area contributed by atoms with Gasteiger partial charge in [-0.15, -0.1) is 0 Å². The van der Waals surface area contributed by atoms with E-state index < -0.39 is 0 Å². The molecule has 1 saturated heterocycles. The summed E-state index contributed by atoms with van der Waals surface area (Å²) in [5, 5.41) is 0. The van der Waals surface area contributed by atoms with Gasteiger partial charge in [-0.1, -0.05) is 20.8 Å². The minimum absolute atomic E-state index is 0.370. The number of hydrogen-bond acceptors (Lipinski definition) is 2. The summed E-state index contributed by atoms with van der Waals surface area (Å²) in [6, 6.07) is 0. The minimum Gasteiger partial charge on any atom is -0.330 e. The summed E-state index contributed by atoms with van der Waals surface area (Å²) in [5.41, 5.74) is 6.28. The molecule has 84 valence electrons. The maximum absolute atomic E-state index is 5.91. The average molecular weight is 198 g/mol. The highest BCUT2D eigenvalue weighted by atomic mass is 15.1. The summed E-state index contributed by atoms with van der Waals surface area (Å²) in [6.07, 6.45) is 2.66. The van der Waals surface area contributed by atoms with Crippen LogP contribution in [0.4, 0.5) is 0 Å². The number of rotatable bonds is 2. The van der Waals surface area contributed by atoms with Gasteiger partial charge in [-0.3, -0.25) is 0 Å². The quantitative estimate of drug-likeness (QED) is 0.735. The lowest BCUT2D eigenvalue weighted by Crippen LogP contribution is -2.40. The van der Waals surface area contributed by atoms with Crippen LogP contribution in [0, 0.1) is 17.3 Å². The van der Waals surface area contributed by atoms with Crippen molar-refractivity contribution in [3.05, 3.63) is 0 Å². The molecule has 1 aliphatic rings. The Hall–Kier alpha value is -0.0800. The van der Waals surface area contributed by atoms with Crippen LogP contribution in [0.5, 0.6) is 0 Å². The Morgan fingerprint density at radius 3 is 2.14 bits per heavy atom. The van der Waals surface area contributed by atoms with Gasteiger partial charge < -0.3 is 10.6 Å². The highest BCUT2D eigenvalue weighted by Crippen LogP contribution is 2.36. The molecule has 0 spiro atoms. The lowest BCUT2D eigenvalue weighted by Gasteiger charge is -2.40. The van der Waals surface area contributed by atoms with Crippen LogP contribution in [0.3, 0.4) is 0 Å². The van der Waals surface area contributed by atoms with E-state index in [0.29, 0.717) is 11.3 Å². The molecule has 1 aliphatic heterocycles. The first-order valence-electron chi connectivity index (χ1n) is 5.83. The van der Waals surface area contributed by atoms with Crippen LogP contribution < -0.4 is 5.73 Å². The zero-order valence-corrected chi connectivity index (χ0v) is 10.2. The molecule has 0 saturated carbocycles. The van der Waals surface area contributed by atoms with Crippen molar-refractivity contribution in [2.75, 3.05) is 26.7 Å². The molecular weight excluding hydrogens is 172 g/mol. The number of likely N-dealkylation sites (tertiary alicyclic amines) is 1. The van der Waals surface area contributed by atoms with E-state index in [-0.39, 0.29) is 0 Å². The molecule has 14 heavy (non-hydrogen) atoms. The van der Waals surface area contributed by atoms with Crippen molar-refractivity contribution in [3.63, 3.8) is 0 Å². The summed E-state index contributed by atoms with van der Waals surface area (Å²) >= 11 is 0. The van der Waals surface area contributed by atoms with Crippen molar-refractivity contribution in [2.24, 2.45) is 23.0 Å². The molecule has 0 radical (unpaired) electrons. The summed E-state index contributed by atoms with van der Waals surface area (Å²) < 4.78 is 0. The van der Waals surface area contributed by atoms with Gasteiger partial charge in [0.15, 0.2) is 0 Å². The minimum atomic E-state index is 0.370. The second-order valence-corrected chi connectivity index (χ2v) is 5.85. The van der Waals surface area contributed by atoms with Gasteiger partial charge in [-0.25, -0.2) is 0 Å². The largest absolute Gasteiger partial charge is 0.330 e. The van der Waals surface area contributed by atoms with Crippen molar-refractivity contribution < 1.29 is 0 Å². The van der Waals surface area contributed by atoms with Gasteiger partial charge in [0.05, 0.1) is 0 Å². The predicted molar refractivity (Wildman–Crippen MR) is 62.2 cm³/mol. The Kier molecular flexibility index (Phi) is 3.96. The van der Waals surface area contributed by atoms with Crippen LogP contribution in [0.15, 0.2) is 0 Å². The molecule has 1 unspecified atom stereocenters. The number of piperidine rings is 1. The summed E-state index contributed by atoms with van der Waals surface area (Å²) in [6.45, 7) is 10.3. The van der Waals surface area contributed by atoms with Gasteiger partial charge in [0, 0.05) is 0 Å². The summed E-state index contributed by atoms with van der Waals surface area (Å²) in [5.74, 6) is 1.53. The van der Waals surface area contributed by atoms with E-state index in [1.165, 1.54) is 25.9 Å². The molecule has 0 aromatic heterocycles. The summed E-state index contributed by atoms with van der Waals surface area (Å²) in [7, 11) is 2.21. The molecule has 2 nitrogen and oxygen atoms in total. The zero-order valence-electron chi connectivity index (χ0n) is 10.2. The highest BCUT2D eigenvalue weighted by Gasteiger charge is 2.32. The van der Waals surface area contributed by atoms with Crippen LogP contribution in [0.1, 0.15) is 33.6 Å². The second kappa shape index (κ2) is 4.63. The van der Waals surface area contributed by atoms with Gasteiger partial charge >= 0.3 is 0 Å². The maximum Gasteiger partial charge on any atom is -0.00190 e. The van der Waals surface area contributed by atoms with Crippen molar-refractivity contribution in [1.82, 2.24) is 4.90 Å². The Bertz CT molecular complexity index is 164. The third-order valence-electron chi connectivity index (χ3n) is 3.70. The Labute approximate surface area is 88.8 Å². The number of hydrogen-bond donors (Lipinski definition) is 1. The number of nitrogens with two attached hydrogens (primary N) is 1. The van der Waals surface area contributed by atoms with Gasteiger partial charge in [0.25, 0.3) is 0 Å². The fourth-order valence-corrected chi connectivity index (χ4v) is 2.68. The monoisotopic (exact) mass is 198 g/mol. The predicted octanol–water partition coefficient (Wildman–Crippen LogP) is 1.95. The lowest BCUT2D eigenvalue weighted by molar-refractivity contribution is 0.102. The molecule has 0 aromatic rings. The molecular formula is C12H26N2. The topological polar surface area (TPSA) is 29.3 Å². The molecule has 0 aliphatic carbocycles. The van der Waals surface area contributed by atoms with Crippen LogP contribution in [-0.4, -0.2) is 31.6 Å². The van der Waals surface area contributed by atoms with Gasteiger partial charge in [-0.05, 0) is 56.8 Å². The van der Waals surface area contributed by atoms with E-state index in [9.17, 15) is 0 Å². The van der Waals surface area contributed by atoms with E-state index in [0.717, 1.165) is 12.5 Å². The first-order valence-corrected chi connectivity index (χ1v) is 5.83. The fraction of sp³-hybridized carbons (Fsp3) is 1.00.